The highest BCUT2D eigenvalue weighted by atomic mass is 19.1. The van der Waals surface area contributed by atoms with E-state index >= 15 is 0 Å². The van der Waals surface area contributed by atoms with Gasteiger partial charge >= 0.3 is 6.03 Å². The third-order valence-electron chi connectivity index (χ3n) is 4.07. The highest BCUT2D eigenvalue weighted by Crippen LogP contribution is 2.08. The van der Waals surface area contributed by atoms with Gasteiger partial charge in [0.2, 0.25) is 5.91 Å². The first-order valence-corrected chi connectivity index (χ1v) is 8.81. The van der Waals surface area contributed by atoms with E-state index in [1.54, 1.807) is 43.3 Å². The molecule has 148 valence electrons. The van der Waals surface area contributed by atoms with Crippen LogP contribution in [0.25, 0.3) is 0 Å². The van der Waals surface area contributed by atoms with E-state index in [1.807, 2.05) is 0 Å². The summed E-state index contributed by atoms with van der Waals surface area (Å²) in [5.74, 6) is -0.912. The van der Waals surface area contributed by atoms with Crippen molar-refractivity contribution in [2.75, 3.05) is 13.1 Å². The molecule has 0 aliphatic heterocycles. The average Bonchev–Trinajstić information content (AvgIpc) is 2.70. The minimum absolute atomic E-state index is 0.0818. The van der Waals surface area contributed by atoms with Crippen molar-refractivity contribution in [1.82, 2.24) is 15.5 Å². The molecule has 0 aromatic heterocycles. The van der Waals surface area contributed by atoms with Gasteiger partial charge in [0.05, 0.1) is 6.54 Å². The summed E-state index contributed by atoms with van der Waals surface area (Å²) >= 11 is 0. The second kappa shape index (κ2) is 10.1. The predicted octanol–water partition coefficient (Wildman–Crippen LogP) is 1.77. The fraction of sp³-hybridized carbons (Fsp3) is 0.250. The van der Waals surface area contributed by atoms with Crippen molar-refractivity contribution in [2.45, 2.75) is 20.0 Å². The SMILES string of the molecule is CCN(CC(=O)NCc1ccc(F)cc1)C(=O)c1ccc(CNC(N)=O)cc1. The number of likely N-dealkylation sites (N-methyl/N-ethyl adjacent to an activating group) is 1. The van der Waals surface area contributed by atoms with E-state index in [9.17, 15) is 18.8 Å². The molecule has 0 unspecified atom stereocenters. The van der Waals surface area contributed by atoms with E-state index in [4.69, 9.17) is 5.73 Å². The quantitative estimate of drug-likeness (QED) is 0.644. The van der Waals surface area contributed by atoms with E-state index in [-0.39, 0.29) is 37.3 Å². The third-order valence-corrected chi connectivity index (χ3v) is 4.07. The zero-order chi connectivity index (χ0) is 20.5. The average molecular weight is 386 g/mol. The maximum absolute atomic E-state index is 12.9. The number of carbonyl (C=O) groups excluding carboxylic acids is 3. The molecule has 4 amide bonds. The van der Waals surface area contributed by atoms with Gasteiger partial charge in [-0.2, -0.15) is 0 Å². The molecule has 2 aromatic carbocycles. The number of hydrogen-bond donors (Lipinski definition) is 3. The molecule has 0 bridgehead atoms. The Hall–Kier alpha value is -3.42. The van der Waals surface area contributed by atoms with Crippen molar-refractivity contribution < 1.29 is 18.8 Å². The fourth-order valence-electron chi connectivity index (χ4n) is 2.50. The van der Waals surface area contributed by atoms with Crippen LogP contribution in [-0.2, 0) is 17.9 Å². The summed E-state index contributed by atoms with van der Waals surface area (Å²) in [6, 6.07) is 11.9. The van der Waals surface area contributed by atoms with Gasteiger partial charge in [0, 0.05) is 25.2 Å². The van der Waals surface area contributed by atoms with Crippen LogP contribution < -0.4 is 16.4 Å². The molecule has 0 radical (unpaired) electrons. The van der Waals surface area contributed by atoms with Crippen LogP contribution in [0, 0.1) is 5.82 Å². The number of hydrogen-bond acceptors (Lipinski definition) is 3. The van der Waals surface area contributed by atoms with Gasteiger partial charge in [-0.15, -0.1) is 0 Å². The Morgan fingerprint density at radius 1 is 0.929 bits per heavy atom. The maximum Gasteiger partial charge on any atom is 0.312 e. The molecule has 0 spiro atoms. The number of halogens is 1. The fourth-order valence-corrected chi connectivity index (χ4v) is 2.50. The molecular weight excluding hydrogens is 363 g/mol. The van der Waals surface area contributed by atoms with Gasteiger partial charge in [0.25, 0.3) is 5.91 Å². The summed E-state index contributed by atoms with van der Waals surface area (Å²) in [7, 11) is 0. The lowest BCUT2D eigenvalue weighted by molar-refractivity contribution is -0.121. The zero-order valence-electron chi connectivity index (χ0n) is 15.6. The van der Waals surface area contributed by atoms with Crippen LogP contribution in [0.1, 0.15) is 28.4 Å². The summed E-state index contributed by atoms with van der Waals surface area (Å²) in [4.78, 5) is 36.9. The Morgan fingerprint density at radius 3 is 2.00 bits per heavy atom. The van der Waals surface area contributed by atoms with Crippen LogP contribution in [0.5, 0.6) is 0 Å². The topological polar surface area (TPSA) is 105 Å². The highest BCUT2D eigenvalue weighted by molar-refractivity contribution is 5.96. The number of nitrogens with two attached hydrogens (primary N) is 1. The number of rotatable bonds is 8. The zero-order valence-corrected chi connectivity index (χ0v) is 15.6. The Kier molecular flexibility index (Phi) is 7.50. The largest absolute Gasteiger partial charge is 0.352 e. The normalized spacial score (nSPS) is 10.2. The molecule has 7 nitrogen and oxygen atoms in total. The summed E-state index contributed by atoms with van der Waals surface area (Å²) in [6.45, 7) is 2.60. The van der Waals surface area contributed by atoms with Crippen molar-refractivity contribution in [3.8, 4) is 0 Å². The van der Waals surface area contributed by atoms with Gasteiger partial charge in [-0.3, -0.25) is 9.59 Å². The van der Waals surface area contributed by atoms with Crippen molar-refractivity contribution in [3.63, 3.8) is 0 Å². The van der Waals surface area contributed by atoms with E-state index in [1.165, 1.54) is 17.0 Å². The van der Waals surface area contributed by atoms with Gasteiger partial charge in [0.1, 0.15) is 5.82 Å². The van der Waals surface area contributed by atoms with Crippen LogP contribution in [0.4, 0.5) is 9.18 Å². The first-order chi connectivity index (χ1) is 13.4. The Labute approximate surface area is 162 Å². The molecule has 0 aliphatic rings. The van der Waals surface area contributed by atoms with Crippen LogP contribution in [0.15, 0.2) is 48.5 Å². The number of nitrogens with zero attached hydrogens (tertiary/aromatic N) is 1. The molecule has 0 aliphatic carbocycles. The van der Waals surface area contributed by atoms with Gasteiger partial charge in [0.15, 0.2) is 0 Å². The molecule has 8 heteroatoms. The Bertz CT molecular complexity index is 822. The van der Waals surface area contributed by atoms with Crippen LogP contribution >= 0.6 is 0 Å². The predicted molar refractivity (Wildman–Crippen MR) is 103 cm³/mol. The summed E-state index contributed by atoms with van der Waals surface area (Å²) in [5, 5.41) is 5.19. The minimum atomic E-state index is -0.621. The molecule has 4 N–H and O–H groups in total. The summed E-state index contributed by atoms with van der Waals surface area (Å²) < 4.78 is 12.9. The molecule has 0 fully saturated rings. The maximum atomic E-state index is 12.9. The minimum Gasteiger partial charge on any atom is -0.352 e. The summed E-state index contributed by atoms with van der Waals surface area (Å²) in [6.07, 6.45) is 0. The third kappa shape index (κ3) is 6.39. The Balaban J connectivity index is 1.90. The van der Waals surface area contributed by atoms with Crippen molar-refractivity contribution in [1.29, 1.82) is 0 Å². The second-order valence-electron chi connectivity index (χ2n) is 6.14. The Morgan fingerprint density at radius 2 is 1.46 bits per heavy atom. The molecule has 0 saturated heterocycles. The number of nitrogens with one attached hydrogen (secondary N) is 2. The van der Waals surface area contributed by atoms with Gasteiger partial charge < -0.3 is 21.3 Å². The first-order valence-electron chi connectivity index (χ1n) is 8.81. The van der Waals surface area contributed by atoms with Crippen molar-refractivity contribution >= 4 is 17.8 Å². The second-order valence-corrected chi connectivity index (χ2v) is 6.14. The van der Waals surface area contributed by atoms with E-state index in [0.717, 1.165) is 11.1 Å². The molecule has 2 rings (SSSR count). The van der Waals surface area contributed by atoms with Crippen LogP contribution in [-0.4, -0.2) is 35.8 Å². The van der Waals surface area contributed by atoms with Crippen LogP contribution in [0.2, 0.25) is 0 Å². The monoisotopic (exact) mass is 386 g/mol. The first kappa shape index (κ1) is 20.9. The molecule has 2 aromatic rings. The highest BCUT2D eigenvalue weighted by Gasteiger charge is 2.17. The lowest BCUT2D eigenvalue weighted by atomic mass is 10.1. The van der Waals surface area contributed by atoms with Gasteiger partial charge in [-0.25, -0.2) is 9.18 Å². The molecular formula is C20H23FN4O3. The van der Waals surface area contributed by atoms with Crippen molar-refractivity contribution in [2.24, 2.45) is 5.73 Å². The van der Waals surface area contributed by atoms with Gasteiger partial charge in [-0.1, -0.05) is 24.3 Å². The molecule has 0 heterocycles. The number of urea groups is 1. The smallest absolute Gasteiger partial charge is 0.312 e. The lowest BCUT2D eigenvalue weighted by Crippen LogP contribution is -2.40. The number of carbonyl (C=O) groups is 3. The van der Waals surface area contributed by atoms with E-state index in [2.05, 4.69) is 10.6 Å². The molecule has 28 heavy (non-hydrogen) atoms. The number of primary amides is 1. The standard InChI is InChI=1S/C20H23FN4O3/c1-2-25(13-18(26)23-11-15-5-9-17(21)10-6-15)19(27)16-7-3-14(4-8-16)12-24-20(22)28/h3-10H,2,11-13H2,1H3,(H,23,26)(H3,22,24,28). The lowest BCUT2D eigenvalue weighted by Gasteiger charge is -2.20. The van der Waals surface area contributed by atoms with Gasteiger partial charge in [-0.05, 0) is 42.3 Å². The van der Waals surface area contributed by atoms with Crippen molar-refractivity contribution in [3.05, 3.63) is 71.0 Å². The molecule has 0 saturated carbocycles. The molecule has 0 atom stereocenters. The number of amides is 4. The number of benzene rings is 2. The van der Waals surface area contributed by atoms with E-state index < -0.39 is 6.03 Å². The van der Waals surface area contributed by atoms with Crippen LogP contribution in [0.3, 0.4) is 0 Å². The summed E-state index contributed by atoms with van der Waals surface area (Å²) in [5.41, 5.74) is 7.04. The van der Waals surface area contributed by atoms with E-state index in [0.29, 0.717) is 12.1 Å².